The maximum Gasteiger partial charge on any atom is 0.311 e. The highest BCUT2D eigenvalue weighted by Gasteiger charge is 2.12. The van der Waals surface area contributed by atoms with Gasteiger partial charge in [-0.25, -0.2) is 0 Å². The first-order chi connectivity index (χ1) is 14.3. The van der Waals surface area contributed by atoms with Crippen molar-refractivity contribution in [1.29, 1.82) is 5.26 Å². The molecule has 0 heterocycles. The van der Waals surface area contributed by atoms with E-state index in [1.54, 1.807) is 30.3 Å². The van der Waals surface area contributed by atoms with E-state index < -0.39 is 11.9 Å². The SMILES string of the molecule is COc1cc(/C=C(\C#N)C(N)=O)ccc1OC(=O)CCCOc1ccc(Cl)cc1Cl. The number of ether oxygens (including phenoxy) is 3. The van der Waals surface area contributed by atoms with Gasteiger partial charge in [0.05, 0.1) is 18.7 Å². The first kappa shape index (κ1) is 23.1. The van der Waals surface area contributed by atoms with E-state index in [9.17, 15) is 9.59 Å². The molecule has 0 aliphatic heterocycles. The number of nitrogens with two attached hydrogens (primary N) is 1. The molecule has 9 heteroatoms. The number of nitriles is 1. The molecule has 0 spiro atoms. The predicted molar refractivity (Wildman–Crippen MR) is 113 cm³/mol. The van der Waals surface area contributed by atoms with Crippen LogP contribution in [0.4, 0.5) is 0 Å². The van der Waals surface area contributed by atoms with Gasteiger partial charge in [-0.15, -0.1) is 0 Å². The third kappa shape index (κ3) is 6.69. The van der Waals surface area contributed by atoms with Crippen molar-refractivity contribution >= 4 is 41.2 Å². The number of nitrogens with zero attached hydrogens (tertiary/aromatic N) is 1. The minimum absolute atomic E-state index is 0.107. The summed E-state index contributed by atoms with van der Waals surface area (Å²) in [5, 5.41) is 9.81. The van der Waals surface area contributed by atoms with Gasteiger partial charge in [0, 0.05) is 11.4 Å². The van der Waals surface area contributed by atoms with Crippen molar-refractivity contribution in [2.75, 3.05) is 13.7 Å². The summed E-state index contributed by atoms with van der Waals surface area (Å²) in [7, 11) is 1.41. The zero-order valence-electron chi connectivity index (χ0n) is 16.0. The van der Waals surface area contributed by atoms with Gasteiger partial charge in [-0.3, -0.25) is 9.59 Å². The van der Waals surface area contributed by atoms with Crippen LogP contribution in [0.15, 0.2) is 42.0 Å². The number of hydrogen-bond donors (Lipinski definition) is 1. The third-order valence-corrected chi connectivity index (χ3v) is 4.32. The van der Waals surface area contributed by atoms with E-state index in [2.05, 4.69) is 0 Å². The first-order valence-corrected chi connectivity index (χ1v) is 9.47. The number of halogens is 2. The van der Waals surface area contributed by atoms with Crippen molar-refractivity contribution in [3.8, 4) is 23.3 Å². The summed E-state index contributed by atoms with van der Waals surface area (Å²) in [5.41, 5.74) is 5.41. The number of benzene rings is 2. The van der Waals surface area contributed by atoms with Crippen molar-refractivity contribution in [1.82, 2.24) is 0 Å². The number of carbonyl (C=O) groups excluding carboxylic acids is 2. The van der Waals surface area contributed by atoms with Gasteiger partial charge in [-0.2, -0.15) is 5.26 Å². The minimum atomic E-state index is -0.839. The van der Waals surface area contributed by atoms with Gasteiger partial charge in [0.25, 0.3) is 5.91 Å². The number of amides is 1. The highest BCUT2D eigenvalue weighted by atomic mass is 35.5. The number of hydrogen-bond acceptors (Lipinski definition) is 6. The average Bonchev–Trinajstić information content (AvgIpc) is 2.71. The predicted octanol–water partition coefficient (Wildman–Crippen LogP) is 4.16. The van der Waals surface area contributed by atoms with E-state index >= 15 is 0 Å². The Hall–Kier alpha value is -3.21. The standard InChI is InChI=1S/C21H18Cl2N2O5/c1-28-19-10-13(9-14(12-24)21(25)27)4-6-18(19)30-20(26)3-2-8-29-17-7-5-15(22)11-16(17)23/h4-7,9-11H,2-3,8H2,1H3,(H2,25,27)/b14-9+. The summed E-state index contributed by atoms with van der Waals surface area (Å²) in [6.07, 6.45) is 1.83. The Morgan fingerprint density at radius 2 is 1.87 bits per heavy atom. The molecule has 0 aromatic heterocycles. The van der Waals surface area contributed by atoms with E-state index in [1.807, 2.05) is 0 Å². The maximum absolute atomic E-state index is 12.1. The molecule has 0 saturated heterocycles. The normalized spacial score (nSPS) is 10.8. The molecule has 0 atom stereocenters. The van der Waals surface area contributed by atoms with Crippen LogP contribution in [-0.2, 0) is 9.59 Å². The van der Waals surface area contributed by atoms with E-state index in [1.165, 1.54) is 25.3 Å². The van der Waals surface area contributed by atoms with Crippen LogP contribution in [-0.4, -0.2) is 25.6 Å². The van der Waals surface area contributed by atoms with Crippen LogP contribution in [0.25, 0.3) is 6.08 Å². The van der Waals surface area contributed by atoms with Gasteiger partial charge >= 0.3 is 5.97 Å². The fraction of sp³-hybridized carbons (Fsp3) is 0.190. The Kier molecular flexibility index (Phi) is 8.54. The molecule has 0 radical (unpaired) electrons. The van der Waals surface area contributed by atoms with E-state index in [4.69, 9.17) is 48.4 Å². The van der Waals surface area contributed by atoms with Crippen molar-refractivity contribution in [2.24, 2.45) is 5.73 Å². The third-order valence-electron chi connectivity index (χ3n) is 3.79. The van der Waals surface area contributed by atoms with Gasteiger partial charge in [-0.05, 0) is 48.4 Å². The maximum atomic E-state index is 12.1. The lowest BCUT2D eigenvalue weighted by atomic mass is 10.1. The number of rotatable bonds is 9. The van der Waals surface area contributed by atoms with Crippen molar-refractivity contribution in [2.45, 2.75) is 12.8 Å². The number of carbonyl (C=O) groups is 2. The highest BCUT2D eigenvalue weighted by Crippen LogP contribution is 2.30. The largest absolute Gasteiger partial charge is 0.493 e. The Bertz CT molecular complexity index is 1010. The lowest BCUT2D eigenvalue weighted by Crippen LogP contribution is -2.12. The quantitative estimate of drug-likeness (QED) is 0.202. The Labute approximate surface area is 183 Å². The molecule has 2 rings (SSSR count). The fourth-order valence-corrected chi connectivity index (χ4v) is 2.81. The molecular weight excluding hydrogens is 431 g/mol. The number of primary amides is 1. The van der Waals surface area contributed by atoms with Crippen LogP contribution < -0.4 is 19.9 Å². The van der Waals surface area contributed by atoms with Gasteiger partial charge in [0.1, 0.15) is 17.4 Å². The zero-order chi connectivity index (χ0) is 22.1. The van der Waals surface area contributed by atoms with E-state index in [0.29, 0.717) is 27.8 Å². The van der Waals surface area contributed by atoms with Gasteiger partial charge in [0.15, 0.2) is 11.5 Å². The monoisotopic (exact) mass is 448 g/mol. The molecule has 2 aromatic carbocycles. The van der Waals surface area contributed by atoms with Crippen LogP contribution in [0.5, 0.6) is 17.2 Å². The molecular formula is C21H18Cl2N2O5. The van der Waals surface area contributed by atoms with Crippen LogP contribution in [0.3, 0.4) is 0 Å². The van der Waals surface area contributed by atoms with Crippen LogP contribution >= 0.6 is 23.2 Å². The molecule has 0 bridgehead atoms. The van der Waals surface area contributed by atoms with Crippen LogP contribution in [0.2, 0.25) is 10.0 Å². The smallest absolute Gasteiger partial charge is 0.311 e. The summed E-state index contributed by atoms with van der Waals surface area (Å²) in [4.78, 5) is 23.3. The number of esters is 1. The second-order valence-corrected chi connectivity index (χ2v) is 6.79. The molecule has 30 heavy (non-hydrogen) atoms. The van der Waals surface area contributed by atoms with Crippen molar-refractivity contribution in [3.05, 3.63) is 57.6 Å². The molecule has 1 amide bonds. The molecule has 156 valence electrons. The van der Waals surface area contributed by atoms with Crippen molar-refractivity contribution < 1.29 is 23.8 Å². The van der Waals surface area contributed by atoms with Gasteiger partial charge in [0.2, 0.25) is 0 Å². The zero-order valence-corrected chi connectivity index (χ0v) is 17.5. The molecule has 2 N–H and O–H groups in total. The molecule has 0 aliphatic carbocycles. The Morgan fingerprint density at radius 1 is 1.13 bits per heavy atom. The molecule has 7 nitrogen and oxygen atoms in total. The summed E-state index contributed by atoms with van der Waals surface area (Å²) in [6, 6.07) is 11.2. The van der Waals surface area contributed by atoms with Gasteiger partial charge in [-0.1, -0.05) is 29.3 Å². The Morgan fingerprint density at radius 3 is 2.50 bits per heavy atom. The van der Waals surface area contributed by atoms with Crippen LogP contribution in [0, 0.1) is 11.3 Å². The van der Waals surface area contributed by atoms with Gasteiger partial charge < -0.3 is 19.9 Å². The molecule has 0 saturated carbocycles. The highest BCUT2D eigenvalue weighted by molar-refractivity contribution is 6.35. The fourth-order valence-electron chi connectivity index (χ4n) is 2.35. The molecule has 0 unspecified atom stereocenters. The average molecular weight is 449 g/mol. The minimum Gasteiger partial charge on any atom is -0.493 e. The first-order valence-electron chi connectivity index (χ1n) is 8.72. The summed E-state index contributed by atoms with van der Waals surface area (Å²) < 4.78 is 16.1. The second kappa shape index (κ2) is 11.1. The number of methoxy groups -OCH3 is 1. The lowest BCUT2D eigenvalue weighted by Gasteiger charge is -2.11. The summed E-state index contributed by atoms with van der Waals surface area (Å²) in [6.45, 7) is 0.265. The lowest BCUT2D eigenvalue weighted by molar-refractivity contribution is -0.134. The Balaban J connectivity index is 1.93. The second-order valence-electron chi connectivity index (χ2n) is 5.95. The van der Waals surface area contributed by atoms with Crippen molar-refractivity contribution in [3.63, 3.8) is 0 Å². The molecule has 0 fully saturated rings. The summed E-state index contributed by atoms with van der Waals surface area (Å²) >= 11 is 11.8. The molecule has 2 aromatic rings. The van der Waals surface area contributed by atoms with Crippen LogP contribution in [0.1, 0.15) is 18.4 Å². The van der Waals surface area contributed by atoms with E-state index in [-0.39, 0.29) is 30.1 Å². The molecule has 0 aliphatic rings. The summed E-state index contributed by atoms with van der Waals surface area (Å²) in [5.74, 6) is -0.360. The topological polar surface area (TPSA) is 112 Å². The van der Waals surface area contributed by atoms with E-state index in [0.717, 1.165) is 0 Å².